The molecule has 0 bridgehead atoms. The SMILES string of the molecule is Clc1ccccc1NC1CC2(CCCC2)Oc2ccccc21. The normalized spacial score (nSPS) is 22.1. The van der Waals surface area contributed by atoms with E-state index in [1.807, 2.05) is 24.3 Å². The number of halogens is 1. The quantitative estimate of drug-likeness (QED) is 0.780. The Morgan fingerprint density at radius 3 is 2.55 bits per heavy atom. The Balaban J connectivity index is 1.69. The predicted molar refractivity (Wildman–Crippen MR) is 90.7 cm³/mol. The second-order valence-electron chi connectivity index (χ2n) is 6.41. The smallest absolute Gasteiger partial charge is 0.125 e. The Morgan fingerprint density at radius 1 is 1.00 bits per heavy atom. The van der Waals surface area contributed by atoms with E-state index >= 15 is 0 Å². The van der Waals surface area contributed by atoms with Crippen molar-refractivity contribution in [3.63, 3.8) is 0 Å². The third kappa shape index (κ3) is 2.46. The van der Waals surface area contributed by atoms with Crippen LogP contribution in [-0.2, 0) is 0 Å². The molecule has 2 aliphatic rings. The van der Waals surface area contributed by atoms with Gasteiger partial charge in [-0.2, -0.15) is 0 Å². The number of benzene rings is 2. The van der Waals surface area contributed by atoms with Gasteiger partial charge < -0.3 is 10.1 Å². The lowest BCUT2D eigenvalue weighted by atomic mass is 9.86. The van der Waals surface area contributed by atoms with E-state index in [2.05, 4.69) is 29.6 Å². The van der Waals surface area contributed by atoms with Crippen LogP contribution in [0.25, 0.3) is 0 Å². The summed E-state index contributed by atoms with van der Waals surface area (Å²) in [4.78, 5) is 0. The molecule has 2 aromatic rings. The van der Waals surface area contributed by atoms with E-state index < -0.39 is 0 Å². The minimum Gasteiger partial charge on any atom is -0.487 e. The Hall–Kier alpha value is -1.67. The molecule has 1 aliphatic carbocycles. The average Bonchev–Trinajstić information content (AvgIpc) is 2.97. The molecule has 1 atom stereocenters. The number of hydrogen-bond acceptors (Lipinski definition) is 2. The zero-order valence-electron chi connectivity index (χ0n) is 12.5. The van der Waals surface area contributed by atoms with E-state index in [9.17, 15) is 0 Å². The van der Waals surface area contributed by atoms with Crippen molar-refractivity contribution in [2.45, 2.75) is 43.7 Å². The van der Waals surface area contributed by atoms with Crippen LogP contribution in [0.4, 0.5) is 5.69 Å². The fourth-order valence-electron chi connectivity index (χ4n) is 3.84. The molecule has 3 heteroatoms. The Kier molecular flexibility index (Phi) is 3.50. The topological polar surface area (TPSA) is 21.3 Å². The first kappa shape index (κ1) is 14.0. The Morgan fingerprint density at radius 2 is 1.73 bits per heavy atom. The third-order valence-corrected chi connectivity index (χ3v) is 5.24. The molecule has 0 aromatic heterocycles. The van der Waals surface area contributed by atoms with Gasteiger partial charge in [0.05, 0.1) is 16.8 Å². The van der Waals surface area contributed by atoms with Crippen molar-refractivity contribution < 1.29 is 4.74 Å². The summed E-state index contributed by atoms with van der Waals surface area (Å²) >= 11 is 6.33. The van der Waals surface area contributed by atoms with Gasteiger partial charge in [0.25, 0.3) is 0 Å². The summed E-state index contributed by atoms with van der Waals surface area (Å²) in [5.41, 5.74) is 2.24. The van der Waals surface area contributed by atoms with Crippen molar-refractivity contribution in [2.75, 3.05) is 5.32 Å². The summed E-state index contributed by atoms with van der Waals surface area (Å²) in [5.74, 6) is 1.03. The van der Waals surface area contributed by atoms with E-state index in [0.29, 0.717) is 0 Å². The van der Waals surface area contributed by atoms with Crippen LogP contribution in [0.15, 0.2) is 48.5 Å². The van der Waals surface area contributed by atoms with Crippen LogP contribution in [0.1, 0.15) is 43.7 Å². The summed E-state index contributed by atoms with van der Waals surface area (Å²) in [6, 6.07) is 16.6. The lowest BCUT2D eigenvalue weighted by Crippen LogP contribution is -2.40. The van der Waals surface area contributed by atoms with Crippen molar-refractivity contribution in [1.29, 1.82) is 0 Å². The van der Waals surface area contributed by atoms with E-state index in [0.717, 1.165) is 35.7 Å². The second kappa shape index (κ2) is 5.51. The van der Waals surface area contributed by atoms with Crippen LogP contribution in [-0.4, -0.2) is 5.60 Å². The highest BCUT2D eigenvalue weighted by molar-refractivity contribution is 6.33. The molecule has 2 aromatic carbocycles. The molecule has 0 saturated heterocycles. The first-order valence-electron chi connectivity index (χ1n) is 8.05. The monoisotopic (exact) mass is 313 g/mol. The van der Waals surface area contributed by atoms with Crippen LogP contribution in [0.3, 0.4) is 0 Å². The average molecular weight is 314 g/mol. The first-order valence-corrected chi connectivity index (χ1v) is 8.43. The van der Waals surface area contributed by atoms with E-state index in [1.54, 1.807) is 0 Å². The third-order valence-electron chi connectivity index (χ3n) is 4.92. The van der Waals surface area contributed by atoms with Crippen LogP contribution < -0.4 is 10.1 Å². The lowest BCUT2D eigenvalue weighted by Gasteiger charge is -2.40. The number of para-hydroxylation sites is 2. The molecule has 2 nitrogen and oxygen atoms in total. The largest absolute Gasteiger partial charge is 0.487 e. The molecule has 0 amide bonds. The fraction of sp³-hybridized carbons (Fsp3) is 0.368. The molecule has 1 N–H and O–H groups in total. The zero-order valence-corrected chi connectivity index (χ0v) is 13.3. The number of ether oxygens (including phenoxy) is 1. The van der Waals surface area contributed by atoms with E-state index in [1.165, 1.54) is 18.4 Å². The van der Waals surface area contributed by atoms with Crippen molar-refractivity contribution in [1.82, 2.24) is 0 Å². The number of fused-ring (bicyclic) bond motifs is 1. The van der Waals surface area contributed by atoms with Gasteiger partial charge in [-0.1, -0.05) is 41.9 Å². The molecule has 4 rings (SSSR count). The van der Waals surface area contributed by atoms with Crippen molar-refractivity contribution in [2.24, 2.45) is 0 Å². The molecule has 114 valence electrons. The standard InChI is InChI=1S/C19H20ClNO/c20-15-8-2-3-9-16(15)21-17-13-19(11-5-6-12-19)22-18-10-4-1-7-14(17)18/h1-4,7-10,17,21H,5-6,11-13H2. The zero-order chi connectivity index (χ0) is 15.0. The number of hydrogen-bond donors (Lipinski definition) is 1. The van der Waals surface area contributed by atoms with Crippen LogP contribution in [0.2, 0.25) is 5.02 Å². The Bertz CT molecular complexity index is 679. The van der Waals surface area contributed by atoms with Gasteiger partial charge in [-0.3, -0.25) is 0 Å². The van der Waals surface area contributed by atoms with E-state index in [-0.39, 0.29) is 11.6 Å². The molecule has 1 saturated carbocycles. The molecule has 0 radical (unpaired) electrons. The van der Waals surface area contributed by atoms with Gasteiger partial charge in [-0.15, -0.1) is 0 Å². The summed E-state index contributed by atoms with van der Waals surface area (Å²) in [5, 5.41) is 4.41. The number of rotatable bonds is 2. The fourth-order valence-corrected chi connectivity index (χ4v) is 4.03. The van der Waals surface area contributed by atoms with Gasteiger partial charge in [-0.05, 0) is 43.9 Å². The maximum Gasteiger partial charge on any atom is 0.125 e. The van der Waals surface area contributed by atoms with Crippen LogP contribution in [0, 0.1) is 0 Å². The van der Waals surface area contributed by atoms with Gasteiger partial charge in [0, 0.05) is 12.0 Å². The number of nitrogens with one attached hydrogen (secondary N) is 1. The summed E-state index contributed by atoms with van der Waals surface area (Å²) in [7, 11) is 0. The van der Waals surface area contributed by atoms with Crippen LogP contribution >= 0.6 is 11.6 Å². The minimum atomic E-state index is 0.00722. The maximum absolute atomic E-state index is 6.41. The highest BCUT2D eigenvalue weighted by Gasteiger charge is 2.43. The van der Waals surface area contributed by atoms with Crippen molar-refractivity contribution in [3.05, 3.63) is 59.1 Å². The van der Waals surface area contributed by atoms with E-state index in [4.69, 9.17) is 16.3 Å². The van der Waals surface area contributed by atoms with Gasteiger partial charge in [-0.25, -0.2) is 0 Å². The molecular weight excluding hydrogens is 294 g/mol. The van der Waals surface area contributed by atoms with Gasteiger partial charge in [0.2, 0.25) is 0 Å². The van der Waals surface area contributed by atoms with Gasteiger partial charge >= 0.3 is 0 Å². The summed E-state index contributed by atoms with van der Waals surface area (Å²) in [6.07, 6.45) is 5.85. The van der Waals surface area contributed by atoms with Crippen LogP contribution in [0.5, 0.6) is 5.75 Å². The number of anilines is 1. The highest BCUT2D eigenvalue weighted by atomic mass is 35.5. The molecule has 1 fully saturated rings. The molecular formula is C19H20ClNO. The summed E-state index contributed by atoms with van der Waals surface area (Å²) in [6.45, 7) is 0. The molecule has 1 unspecified atom stereocenters. The molecule has 1 aliphatic heterocycles. The first-order chi connectivity index (χ1) is 10.8. The van der Waals surface area contributed by atoms with Crippen molar-refractivity contribution >= 4 is 17.3 Å². The molecule has 22 heavy (non-hydrogen) atoms. The van der Waals surface area contributed by atoms with Gasteiger partial charge in [0.1, 0.15) is 11.4 Å². The van der Waals surface area contributed by atoms with Gasteiger partial charge in [0.15, 0.2) is 0 Å². The molecule has 1 spiro atoms. The minimum absolute atomic E-state index is 0.00722. The highest BCUT2D eigenvalue weighted by Crippen LogP contribution is 2.48. The second-order valence-corrected chi connectivity index (χ2v) is 6.82. The maximum atomic E-state index is 6.41. The lowest BCUT2D eigenvalue weighted by molar-refractivity contribution is 0.0453. The Labute approximate surface area is 136 Å². The molecule has 1 heterocycles. The summed E-state index contributed by atoms with van der Waals surface area (Å²) < 4.78 is 6.41. The van der Waals surface area contributed by atoms with Crippen molar-refractivity contribution in [3.8, 4) is 5.75 Å². The predicted octanol–water partition coefficient (Wildman–Crippen LogP) is 5.59.